The molecular weight excluding hydrogens is 212 g/mol. The highest BCUT2D eigenvalue weighted by Gasteiger charge is 2.30. The van der Waals surface area contributed by atoms with E-state index in [1.54, 1.807) is 0 Å². The predicted octanol–water partition coefficient (Wildman–Crippen LogP) is 4.65. The first-order valence-corrected chi connectivity index (χ1v) is 6.25. The molecule has 1 heterocycles. The maximum absolute atomic E-state index is 9.55. The van der Waals surface area contributed by atoms with E-state index in [2.05, 4.69) is 34.3 Å². The van der Waals surface area contributed by atoms with Crippen LogP contribution in [0.5, 0.6) is 0 Å². The highest BCUT2D eigenvalue weighted by molar-refractivity contribution is 5.41. The van der Waals surface area contributed by atoms with Gasteiger partial charge in [0.2, 0.25) is 0 Å². The van der Waals surface area contributed by atoms with E-state index < -0.39 is 0 Å². The van der Waals surface area contributed by atoms with Crippen molar-refractivity contribution in [2.45, 2.75) is 59.5 Å². The number of hydrogen-bond acceptors (Lipinski definition) is 2. The van der Waals surface area contributed by atoms with E-state index in [9.17, 15) is 5.11 Å². The van der Waals surface area contributed by atoms with Gasteiger partial charge in [-0.3, -0.25) is 0 Å². The summed E-state index contributed by atoms with van der Waals surface area (Å²) < 4.78 is 6.08. The smallest absolute Gasteiger partial charge is 0.122 e. The zero-order valence-electron chi connectivity index (χ0n) is 11.7. The molecule has 1 N–H and O–H groups in total. The Kier molecular flexibility index (Phi) is 4.07. The molecule has 2 nitrogen and oxygen atoms in total. The Balaban J connectivity index is 3.24. The van der Waals surface area contributed by atoms with Gasteiger partial charge in [0, 0.05) is 5.57 Å². The third-order valence-corrected chi connectivity index (χ3v) is 3.43. The van der Waals surface area contributed by atoms with E-state index in [-0.39, 0.29) is 11.4 Å². The van der Waals surface area contributed by atoms with Gasteiger partial charge in [0.1, 0.15) is 17.1 Å². The molecule has 0 atom stereocenters. The molecule has 2 heteroatoms. The van der Waals surface area contributed by atoms with Crippen LogP contribution in [0.15, 0.2) is 34.8 Å². The van der Waals surface area contributed by atoms with Crippen molar-refractivity contribution in [2.24, 2.45) is 0 Å². The van der Waals surface area contributed by atoms with Crippen LogP contribution in [0.1, 0.15) is 53.9 Å². The SMILES string of the molecule is C=C(O)/C(C)=C1/CCC(C)(C)O/C1=C(\C)CC. The van der Waals surface area contributed by atoms with E-state index >= 15 is 0 Å². The summed E-state index contributed by atoms with van der Waals surface area (Å²) in [6.45, 7) is 13.9. The molecule has 1 saturated heterocycles. The largest absolute Gasteiger partial charge is 0.508 e. The van der Waals surface area contributed by atoms with Crippen LogP contribution in [0.3, 0.4) is 0 Å². The third-order valence-electron chi connectivity index (χ3n) is 3.43. The average molecular weight is 236 g/mol. The highest BCUT2D eigenvalue weighted by Crippen LogP contribution is 2.38. The van der Waals surface area contributed by atoms with Crippen LogP contribution in [0.2, 0.25) is 0 Å². The lowest BCUT2D eigenvalue weighted by molar-refractivity contribution is 0.0130. The van der Waals surface area contributed by atoms with E-state index in [4.69, 9.17) is 4.74 Å². The molecule has 1 aliphatic rings. The van der Waals surface area contributed by atoms with Crippen LogP contribution in [-0.2, 0) is 4.74 Å². The monoisotopic (exact) mass is 236 g/mol. The fraction of sp³-hybridized carbons (Fsp3) is 0.600. The van der Waals surface area contributed by atoms with Crippen molar-refractivity contribution in [3.63, 3.8) is 0 Å². The van der Waals surface area contributed by atoms with Gasteiger partial charge in [-0.15, -0.1) is 0 Å². The van der Waals surface area contributed by atoms with Gasteiger partial charge >= 0.3 is 0 Å². The minimum atomic E-state index is -0.119. The normalized spacial score (nSPS) is 25.0. The van der Waals surface area contributed by atoms with Crippen LogP contribution in [-0.4, -0.2) is 10.7 Å². The Labute approximate surface area is 105 Å². The second kappa shape index (κ2) is 4.99. The Morgan fingerprint density at radius 2 is 2.00 bits per heavy atom. The molecule has 96 valence electrons. The second-order valence-corrected chi connectivity index (χ2v) is 5.38. The van der Waals surface area contributed by atoms with Gasteiger partial charge in [0.15, 0.2) is 0 Å². The summed E-state index contributed by atoms with van der Waals surface area (Å²) in [5, 5.41) is 9.55. The molecule has 1 fully saturated rings. The standard InChI is InChI=1S/C15H24O2/c1-7-10(2)14-13(11(3)12(4)16)8-9-15(5,6)17-14/h16H,4,7-9H2,1-3,5-6H3/b13-11-,14-10+. The molecule has 17 heavy (non-hydrogen) atoms. The minimum absolute atomic E-state index is 0.119. The summed E-state index contributed by atoms with van der Waals surface area (Å²) in [6, 6.07) is 0. The summed E-state index contributed by atoms with van der Waals surface area (Å²) in [6.07, 6.45) is 2.86. The first-order valence-electron chi connectivity index (χ1n) is 6.25. The van der Waals surface area contributed by atoms with E-state index in [1.807, 2.05) is 6.92 Å². The van der Waals surface area contributed by atoms with Gasteiger partial charge in [0.25, 0.3) is 0 Å². The third kappa shape index (κ3) is 3.15. The first kappa shape index (κ1) is 13.9. The summed E-state index contributed by atoms with van der Waals surface area (Å²) in [5.41, 5.74) is 3.07. The molecule has 0 aliphatic carbocycles. The zero-order chi connectivity index (χ0) is 13.2. The van der Waals surface area contributed by atoms with E-state index in [0.29, 0.717) is 0 Å². The number of rotatable bonds is 2. The zero-order valence-corrected chi connectivity index (χ0v) is 11.7. The number of hydrogen-bond donors (Lipinski definition) is 1. The summed E-state index contributed by atoms with van der Waals surface area (Å²) in [5.74, 6) is 1.10. The van der Waals surface area contributed by atoms with Crippen molar-refractivity contribution in [3.05, 3.63) is 34.8 Å². The summed E-state index contributed by atoms with van der Waals surface area (Å²) in [7, 11) is 0. The van der Waals surface area contributed by atoms with Crippen molar-refractivity contribution in [2.75, 3.05) is 0 Å². The molecule has 0 spiro atoms. The first-order chi connectivity index (χ1) is 7.78. The number of ether oxygens (including phenoxy) is 1. The molecule has 0 unspecified atom stereocenters. The van der Waals surface area contributed by atoms with E-state index in [0.717, 1.165) is 36.2 Å². The molecule has 0 saturated carbocycles. The van der Waals surface area contributed by atoms with Gasteiger partial charge in [-0.25, -0.2) is 0 Å². The molecular formula is C15H24O2. The fourth-order valence-electron chi connectivity index (χ4n) is 1.97. The molecule has 1 aliphatic heterocycles. The summed E-state index contributed by atoms with van der Waals surface area (Å²) in [4.78, 5) is 0. The van der Waals surface area contributed by atoms with Crippen molar-refractivity contribution >= 4 is 0 Å². The lowest BCUT2D eigenvalue weighted by Crippen LogP contribution is -2.30. The van der Waals surface area contributed by atoms with Crippen molar-refractivity contribution in [1.29, 1.82) is 0 Å². The maximum Gasteiger partial charge on any atom is 0.122 e. The van der Waals surface area contributed by atoms with Crippen molar-refractivity contribution < 1.29 is 9.84 Å². The van der Waals surface area contributed by atoms with Crippen LogP contribution in [0.4, 0.5) is 0 Å². The summed E-state index contributed by atoms with van der Waals surface area (Å²) >= 11 is 0. The number of aliphatic hydroxyl groups excluding tert-OH is 1. The van der Waals surface area contributed by atoms with Crippen molar-refractivity contribution in [1.82, 2.24) is 0 Å². The highest BCUT2D eigenvalue weighted by atomic mass is 16.5. The Morgan fingerprint density at radius 1 is 1.41 bits per heavy atom. The van der Waals surface area contributed by atoms with Crippen molar-refractivity contribution in [3.8, 4) is 0 Å². The van der Waals surface area contributed by atoms with Gasteiger partial charge in [-0.2, -0.15) is 0 Å². The molecule has 0 aromatic carbocycles. The second-order valence-electron chi connectivity index (χ2n) is 5.38. The lowest BCUT2D eigenvalue weighted by atomic mass is 9.89. The lowest BCUT2D eigenvalue weighted by Gasteiger charge is -2.36. The van der Waals surface area contributed by atoms with Crippen LogP contribution < -0.4 is 0 Å². The molecule has 0 bridgehead atoms. The van der Waals surface area contributed by atoms with Gasteiger partial charge in [-0.05, 0) is 58.1 Å². The van der Waals surface area contributed by atoms with E-state index in [1.165, 1.54) is 5.57 Å². The van der Waals surface area contributed by atoms with Crippen LogP contribution in [0, 0.1) is 0 Å². The van der Waals surface area contributed by atoms with Gasteiger partial charge in [0.05, 0.1) is 0 Å². The van der Waals surface area contributed by atoms with Gasteiger partial charge in [-0.1, -0.05) is 13.5 Å². The minimum Gasteiger partial charge on any atom is -0.508 e. The molecule has 1 rings (SSSR count). The number of aliphatic hydroxyl groups is 1. The molecule has 0 radical (unpaired) electrons. The fourth-order valence-corrected chi connectivity index (χ4v) is 1.97. The quantitative estimate of drug-likeness (QED) is 0.707. The predicted molar refractivity (Wildman–Crippen MR) is 71.9 cm³/mol. The maximum atomic E-state index is 9.55. The molecule has 0 aromatic rings. The van der Waals surface area contributed by atoms with Gasteiger partial charge < -0.3 is 9.84 Å². The Morgan fingerprint density at radius 3 is 2.47 bits per heavy atom. The van der Waals surface area contributed by atoms with Crippen LogP contribution in [0.25, 0.3) is 0 Å². The topological polar surface area (TPSA) is 29.5 Å². The molecule has 0 aromatic heterocycles. The molecule has 0 amide bonds. The Hall–Kier alpha value is -1.18. The Bertz CT molecular complexity index is 384. The average Bonchev–Trinajstić information content (AvgIpc) is 2.25. The van der Waals surface area contributed by atoms with Crippen LogP contribution >= 0.6 is 0 Å². The number of allylic oxidation sites excluding steroid dienone is 3.